The Kier molecular flexibility index (Phi) is 6.51. The number of rotatable bonds is 8. The van der Waals surface area contributed by atoms with Gasteiger partial charge in [-0.05, 0) is 36.7 Å². The molecule has 0 fully saturated rings. The molecule has 0 aliphatic carbocycles. The topological polar surface area (TPSA) is 75.3 Å². The molecule has 3 aromatic rings. The monoisotopic (exact) mass is 434 g/mol. The van der Waals surface area contributed by atoms with Gasteiger partial charge in [0.1, 0.15) is 15.8 Å². The Morgan fingerprint density at radius 3 is 3.10 bits per heavy atom. The van der Waals surface area contributed by atoms with E-state index in [1.807, 2.05) is 0 Å². The number of nitrogens with one attached hydrogen (secondary N) is 3. The molecule has 1 aliphatic heterocycles. The summed E-state index contributed by atoms with van der Waals surface area (Å²) in [7, 11) is 1.65. The van der Waals surface area contributed by atoms with Crippen LogP contribution in [0.25, 0.3) is 20.8 Å². The van der Waals surface area contributed by atoms with Crippen LogP contribution >= 0.6 is 22.7 Å². The third-order valence-electron chi connectivity index (χ3n) is 4.76. The SMILES string of the molecule is COCCNCCC(=O)Nc1sc2c(c1-c1nc3ccc(F)cc3s1)CCNC2. The van der Waals surface area contributed by atoms with Gasteiger partial charge in [0.25, 0.3) is 0 Å². The standard InChI is InChI=1S/C20H23FN4O2S2/c1-27-9-8-22-7-5-17(26)25-20-18(13-4-6-23-11-16(13)29-20)19-24-14-3-2-12(21)10-15(14)28-19/h2-3,10,22-23H,4-9,11H2,1H3,(H,25,26). The van der Waals surface area contributed by atoms with Crippen LogP contribution in [-0.4, -0.2) is 44.2 Å². The van der Waals surface area contributed by atoms with Crippen molar-refractivity contribution in [1.29, 1.82) is 0 Å². The van der Waals surface area contributed by atoms with Crippen molar-refractivity contribution in [3.63, 3.8) is 0 Å². The number of halogens is 1. The quantitative estimate of drug-likeness (QED) is 0.474. The summed E-state index contributed by atoms with van der Waals surface area (Å²) in [5.41, 5.74) is 3.01. The van der Waals surface area contributed by atoms with Crippen LogP contribution in [0.2, 0.25) is 0 Å². The molecule has 4 rings (SSSR count). The predicted octanol–water partition coefficient (Wildman–Crippen LogP) is 3.37. The van der Waals surface area contributed by atoms with Gasteiger partial charge in [-0.25, -0.2) is 9.37 Å². The van der Waals surface area contributed by atoms with E-state index in [2.05, 4.69) is 16.0 Å². The number of benzene rings is 1. The van der Waals surface area contributed by atoms with Crippen LogP contribution in [-0.2, 0) is 22.5 Å². The average Bonchev–Trinajstić information content (AvgIpc) is 3.27. The van der Waals surface area contributed by atoms with Crippen LogP contribution < -0.4 is 16.0 Å². The molecule has 3 heterocycles. The van der Waals surface area contributed by atoms with Gasteiger partial charge in [-0.2, -0.15) is 0 Å². The first-order valence-electron chi connectivity index (χ1n) is 9.57. The van der Waals surface area contributed by atoms with E-state index in [0.717, 1.165) is 51.8 Å². The summed E-state index contributed by atoms with van der Waals surface area (Å²) in [6.45, 7) is 3.62. The molecular weight excluding hydrogens is 411 g/mol. The van der Waals surface area contributed by atoms with E-state index >= 15 is 0 Å². The fourth-order valence-electron chi connectivity index (χ4n) is 3.34. The zero-order valence-corrected chi connectivity index (χ0v) is 17.8. The van der Waals surface area contributed by atoms with E-state index < -0.39 is 0 Å². The third-order valence-corrected chi connectivity index (χ3v) is 6.94. The Morgan fingerprint density at radius 1 is 1.34 bits per heavy atom. The molecule has 6 nitrogen and oxygen atoms in total. The number of carbonyl (C=O) groups excluding carboxylic acids is 1. The molecule has 0 saturated heterocycles. The average molecular weight is 435 g/mol. The number of carbonyl (C=O) groups is 1. The Morgan fingerprint density at radius 2 is 2.24 bits per heavy atom. The number of aromatic nitrogens is 1. The van der Waals surface area contributed by atoms with Crippen LogP contribution in [0.1, 0.15) is 16.9 Å². The smallest absolute Gasteiger partial charge is 0.226 e. The van der Waals surface area contributed by atoms with Crippen LogP contribution in [0.3, 0.4) is 0 Å². The molecular formula is C20H23FN4O2S2. The number of thiazole rings is 1. The molecule has 0 radical (unpaired) electrons. The number of anilines is 1. The molecule has 0 saturated carbocycles. The number of hydrogen-bond donors (Lipinski definition) is 3. The molecule has 154 valence electrons. The second-order valence-corrected chi connectivity index (χ2v) is 8.94. The minimum absolute atomic E-state index is 0.0325. The normalized spacial score (nSPS) is 13.6. The van der Waals surface area contributed by atoms with E-state index in [1.165, 1.54) is 33.9 Å². The minimum atomic E-state index is -0.265. The summed E-state index contributed by atoms with van der Waals surface area (Å²) < 4.78 is 19.4. The zero-order valence-electron chi connectivity index (χ0n) is 16.1. The van der Waals surface area contributed by atoms with Gasteiger partial charge in [0.15, 0.2) is 0 Å². The highest BCUT2D eigenvalue weighted by Gasteiger charge is 2.25. The Hall–Kier alpha value is -1.91. The fourth-order valence-corrected chi connectivity index (χ4v) is 5.71. The highest BCUT2D eigenvalue weighted by Crippen LogP contribution is 2.44. The molecule has 1 aliphatic rings. The fraction of sp³-hybridized carbons (Fsp3) is 0.400. The van der Waals surface area contributed by atoms with E-state index in [1.54, 1.807) is 24.5 Å². The Labute approximate surface area is 176 Å². The summed E-state index contributed by atoms with van der Waals surface area (Å²) >= 11 is 3.07. The summed E-state index contributed by atoms with van der Waals surface area (Å²) in [6.07, 6.45) is 1.27. The maximum atomic E-state index is 13.6. The van der Waals surface area contributed by atoms with Crippen molar-refractivity contribution < 1.29 is 13.9 Å². The van der Waals surface area contributed by atoms with Crippen molar-refractivity contribution in [3.05, 3.63) is 34.5 Å². The number of nitrogens with zero attached hydrogens (tertiary/aromatic N) is 1. The highest BCUT2D eigenvalue weighted by atomic mass is 32.1. The number of methoxy groups -OCH3 is 1. The number of amides is 1. The van der Waals surface area contributed by atoms with Crippen LogP contribution in [0.15, 0.2) is 18.2 Å². The summed E-state index contributed by atoms with van der Waals surface area (Å²) in [5, 5.41) is 11.3. The number of hydrogen-bond acceptors (Lipinski definition) is 7. The molecule has 0 unspecified atom stereocenters. The van der Waals surface area contributed by atoms with Gasteiger partial charge >= 0.3 is 0 Å². The van der Waals surface area contributed by atoms with Crippen LogP contribution in [0.4, 0.5) is 9.39 Å². The first kappa shape index (κ1) is 20.4. The molecule has 9 heteroatoms. The molecule has 1 aromatic carbocycles. The molecule has 0 atom stereocenters. The van der Waals surface area contributed by atoms with Gasteiger partial charge in [0.2, 0.25) is 5.91 Å². The van der Waals surface area contributed by atoms with Crippen molar-refractivity contribution >= 4 is 43.8 Å². The molecule has 29 heavy (non-hydrogen) atoms. The molecule has 0 bridgehead atoms. The molecule has 3 N–H and O–H groups in total. The first-order chi connectivity index (χ1) is 14.2. The largest absolute Gasteiger partial charge is 0.383 e. The zero-order chi connectivity index (χ0) is 20.2. The van der Waals surface area contributed by atoms with Crippen molar-refractivity contribution in [2.45, 2.75) is 19.4 Å². The molecule has 2 aromatic heterocycles. The van der Waals surface area contributed by atoms with E-state index in [-0.39, 0.29) is 11.7 Å². The van der Waals surface area contributed by atoms with Gasteiger partial charge in [-0.1, -0.05) is 0 Å². The van der Waals surface area contributed by atoms with Gasteiger partial charge in [0.05, 0.1) is 16.8 Å². The lowest BCUT2D eigenvalue weighted by Crippen LogP contribution is -2.24. The second-order valence-electron chi connectivity index (χ2n) is 6.81. The lowest BCUT2D eigenvalue weighted by molar-refractivity contribution is -0.116. The lowest BCUT2D eigenvalue weighted by atomic mass is 10.0. The molecule has 0 spiro atoms. The Bertz CT molecular complexity index is 1020. The van der Waals surface area contributed by atoms with Gasteiger partial charge in [-0.15, -0.1) is 22.7 Å². The summed E-state index contributed by atoms with van der Waals surface area (Å²) in [4.78, 5) is 18.5. The lowest BCUT2D eigenvalue weighted by Gasteiger charge is -2.13. The maximum absolute atomic E-state index is 13.6. The van der Waals surface area contributed by atoms with Gasteiger partial charge < -0.3 is 20.7 Å². The number of fused-ring (bicyclic) bond motifs is 2. The van der Waals surface area contributed by atoms with Crippen molar-refractivity contribution in [2.75, 3.05) is 38.7 Å². The van der Waals surface area contributed by atoms with Crippen molar-refractivity contribution in [3.8, 4) is 10.6 Å². The highest BCUT2D eigenvalue weighted by molar-refractivity contribution is 7.22. The second kappa shape index (κ2) is 9.27. The summed E-state index contributed by atoms with van der Waals surface area (Å²) in [6, 6.07) is 4.65. The number of ether oxygens (including phenoxy) is 1. The van der Waals surface area contributed by atoms with Crippen molar-refractivity contribution in [1.82, 2.24) is 15.6 Å². The van der Waals surface area contributed by atoms with Gasteiger partial charge in [0, 0.05) is 43.6 Å². The Balaban J connectivity index is 1.59. The van der Waals surface area contributed by atoms with E-state index in [9.17, 15) is 9.18 Å². The number of thiophene rings is 1. The molecule has 1 amide bonds. The van der Waals surface area contributed by atoms with Crippen LogP contribution in [0.5, 0.6) is 0 Å². The van der Waals surface area contributed by atoms with E-state index in [4.69, 9.17) is 9.72 Å². The van der Waals surface area contributed by atoms with Crippen LogP contribution in [0, 0.1) is 5.82 Å². The first-order valence-corrected chi connectivity index (χ1v) is 11.2. The van der Waals surface area contributed by atoms with E-state index in [0.29, 0.717) is 19.6 Å². The van der Waals surface area contributed by atoms with Crippen molar-refractivity contribution in [2.24, 2.45) is 0 Å². The third kappa shape index (κ3) is 4.65. The summed E-state index contributed by atoms with van der Waals surface area (Å²) in [5.74, 6) is -0.298. The maximum Gasteiger partial charge on any atom is 0.226 e. The predicted molar refractivity (Wildman–Crippen MR) is 116 cm³/mol. The minimum Gasteiger partial charge on any atom is -0.383 e. The van der Waals surface area contributed by atoms with Gasteiger partial charge in [-0.3, -0.25) is 4.79 Å².